The van der Waals surface area contributed by atoms with E-state index in [1.165, 1.54) is 4.31 Å². The van der Waals surface area contributed by atoms with Crippen molar-refractivity contribution in [1.29, 1.82) is 0 Å². The smallest absolute Gasteiger partial charge is 0.253 e. The minimum Gasteiger partial charge on any atom is -0.328 e. The molecular formula is C22H23N3O4S2. The van der Waals surface area contributed by atoms with E-state index in [1.54, 1.807) is 29.6 Å². The molecule has 162 valence electrons. The topological polar surface area (TPSA) is 95.6 Å². The standard InChI is InChI=1S/C22H23N3O4S2/c1-15-6-4-7-16-17(10-11-18(21(15)16)23-14-26)24-22(27)19-8-2-3-12-25(19)31(28,29)20-9-5-13-30-20/h4-7,9-11,13-14,19H,2-3,8,12H2,1H3,(H,23,26)(H,24,27). The van der Waals surface area contributed by atoms with E-state index in [0.29, 0.717) is 30.8 Å². The Morgan fingerprint density at radius 1 is 1.13 bits per heavy atom. The lowest BCUT2D eigenvalue weighted by molar-refractivity contribution is -0.120. The lowest BCUT2D eigenvalue weighted by Crippen LogP contribution is -2.49. The molecule has 2 amide bonds. The number of nitrogens with one attached hydrogen (secondary N) is 2. The van der Waals surface area contributed by atoms with Crippen LogP contribution in [-0.2, 0) is 19.6 Å². The van der Waals surface area contributed by atoms with Crippen LogP contribution < -0.4 is 10.6 Å². The molecule has 1 unspecified atom stereocenters. The first-order valence-electron chi connectivity index (χ1n) is 10.0. The molecule has 3 aromatic rings. The predicted octanol–water partition coefficient (Wildman–Crippen LogP) is 3.96. The minimum atomic E-state index is -3.73. The highest BCUT2D eigenvalue weighted by atomic mass is 32.2. The van der Waals surface area contributed by atoms with Gasteiger partial charge >= 0.3 is 0 Å². The molecule has 1 aromatic heterocycles. The number of piperidine rings is 1. The summed E-state index contributed by atoms with van der Waals surface area (Å²) in [4.78, 5) is 24.2. The number of sulfonamides is 1. The van der Waals surface area contributed by atoms with Gasteiger partial charge in [0.15, 0.2) is 0 Å². The zero-order valence-electron chi connectivity index (χ0n) is 17.0. The molecule has 2 N–H and O–H groups in total. The monoisotopic (exact) mass is 457 g/mol. The van der Waals surface area contributed by atoms with Gasteiger partial charge in [-0.15, -0.1) is 11.3 Å². The Bertz CT molecular complexity index is 1220. The number of carbonyl (C=O) groups excluding carboxylic acids is 2. The van der Waals surface area contributed by atoms with Crippen LogP contribution in [0.15, 0.2) is 52.1 Å². The lowest BCUT2D eigenvalue weighted by atomic mass is 10.0. The molecule has 31 heavy (non-hydrogen) atoms. The van der Waals surface area contributed by atoms with Gasteiger partial charge in [-0.1, -0.05) is 30.7 Å². The van der Waals surface area contributed by atoms with Crippen LogP contribution >= 0.6 is 11.3 Å². The highest BCUT2D eigenvalue weighted by Gasteiger charge is 2.38. The SMILES string of the molecule is Cc1cccc2c(NC(=O)C3CCCCN3S(=O)(=O)c3cccs3)ccc(NC=O)c12. The summed E-state index contributed by atoms with van der Waals surface area (Å²) >= 11 is 1.15. The fraction of sp³-hybridized carbons (Fsp3) is 0.273. The third kappa shape index (κ3) is 4.08. The van der Waals surface area contributed by atoms with Crippen molar-refractivity contribution < 1.29 is 18.0 Å². The summed E-state index contributed by atoms with van der Waals surface area (Å²) in [5.74, 6) is -0.348. The van der Waals surface area contributed by atoms with Gasteiger partial charge in [0.1, 0.15) is 10.3 Å². The third-order valence-electron chi connectivity index (χ3n) is 5.54. The summed E-state index contributed by atoms with van der Waals surface area (Å²) in [6.45, 7) is 2.25. The van der Waals surface area contributed by atoms with Gasteiger partial charge < -0.3 is 10.6 Å². The van der Waals surface area contributed by atoms with Gasteiger partial charge in [0.2, 0.25) is 12.3 Å². The Hall–Kier alpha value is -2.75. The zero-order chi connectivity index (χ0) is 22.0. The van der Waals surface area contributed by atoms with E-state index >= 15 is 0 Å². The Morgan fingerprint density at radius 3 is 2.68 bits per heavy atom. The van der Waals surface area contributed by atoms with E-state index in [2.05, 4.69) is 10.6 Å². The number of rotatable bonds is 6. The maximum atomic E-state index is 13.2. The fourth-order valence-electron chi connectivity index (χ4n) is 4.08. The molecule has 0 radical (unpaired) electrons. The maximum Gasteiger partial charge on any atom is 0.253 e. The van der Waals surface area contributed by atoms with Crippen LogP contribution in [0.3, 0.4) is 0 Å². The van der Waals surface area contributed by atoms with Crippen molar-refractivity contribution in [1.82, 2.24) is 4.31 Å². The number of thiophene rings is 1. The molecule has 1 aliphatic rings. The molecule has 0 aliphatic carbocycles. The number of hydrogen-bond acceptors (Lipinski definition) is 5. The number of amides is 2. The van der Waals surface area contributed by atoms with E-state index in [0.717, 1.165) is 40.5 Å². The highest BCUT2D eigenvalue weighted by molar-refractivity contribution is 7.91. The first kappa shape index (κ1) is 21.5. The molecule has 2 heterocycles. The number of carbonyl (C=O) groups is 2. The quantitative estimate of drug-likeness (QED) is 0.548. The number of hydrogen-bond donors (Lipinski definition) is 2. The summed E-state index contributed by atoms with van der Waals surface area (Å²) in [6.07, 6.45) is 2.60. The second kappa shape index (κ2) is 8.78. The van der Waals surface area contributed by atoms with E-state index in [-0.39, 0.29) is 10.1 Å². The van der Waals surface area contributed by atoms with Crippen LogP contribution in [0.5, 0.6) is 0 Å². The number of fused-ring (bicyclic) bond motifs is 1. The molecule has 4 rings (SSSR count). The average Bonchev–Trinajstić information content (AvgIpc) is 3.31. The lowest BCUT2D eigenvalue weighted by Gasteiger charge is -2.33. The number of benzene rings is 2. The number of nitrogens with zero attached hydrogens (tertiary/aromatic N) is 1. The second-order valence-corrected chi connectivity index (χ2v) is 10.5. The Morgan fingerprint density at radius 2 is 1.94 bits per heavy atom. The molecule has 9 heteroatoms. The Kier molecular flexibility index (Phi) is 6.08. The molecule has 2 aromatic carbocycles. The van der Waals surface area contributed by atoms with Crippen molar-refractivity contribution in [2.24, 2.45) is 0 Å². The number of aryl methyl sites for hydroxylation is 1. The Labute approximate surface area is 185 Å². The van der Waals surface area contributed by atoms with Gasteiger partial charge in [-0.3, -0.25) is 9.59 Å². The van der Waals surface area contributed by atoms with Gasteiger partial charge in [0.05, 0.1) is 0 Å². The van der Waals surface area contributed by atoms with Gasteiger partial charge in [0, 0.05) is 28.7 Å². The van der Waals surface area contributed by atoms with E-state index in [4.69, 9.17) is 0 Å². The van der Waals surface area contributed by atoms with Crippen LogP contribution in [-0.4, -0.2) is 37.6 Å². The molecule has 0 saturated carbocycles. The average molecular weight is 458 g/mol. The maximum absolute atomic E-state index is 13.2. The summed E-state index contributed by atoms with van der Waals surface area (Å²) in [5.41, 5.74) is 2.19. The van der Waals surface area contributed by atoms with Crippen molar-refractivity contribution in [3.05, 3.63) is 53.4 Å². The van der Waals surface area contributed by atoms with Gasteiger partial charge in [-0.25, -0.2) is 8.42 Å². The predicted molar refractivity (Wildman–Crippen MR) is 123 cm³/mol. The van der Waals surface area contributed by atoms with Crippen LogP contribution in [0, 0.1) is 6.92 Å². The molecule has 0 spiro atoms. The summed E-state index contributed by atoms with van der Waals surface area (Å²) in [6, 6.07) is 11.6. The van der Waals surface area contributed by atoms with Crippen molar-refractivity contribution in [3.63, 3.8) is 0 Å². The highest BCUT2D eigenvalue weighted by Crippen LogP contribution is 2.34. The van der Waals surface area contributed by atoms with Crippen LogP contribution in [0.25, 0.3) is 10.8 Å². The molecule has 1 aliphatic heterocycles. The minimum absolute atomic E-state index is 0.248. The molecule has 1 fully saturated rings. The molecule has 7 nitrogen and oxygen atoms in total. The van der Waals surface area contributed by atoms with Gasteiger partial charge in [-0.2, -0.15) is 4.31 Å². The first-order valence-corrected chi connectivity index (χ1v) is 12.3. The largest absolute Gasteiger partial charge is 0.328 e. The van der Waals surface area contributed by atoms with Crippen molar-refractivity contribution in [2.45, 2.75) is 36.4 Å². The first-order chi connectivity index (χ1) is 14.9. The zero-order valence-corrected chi connectivity index (χ0v) is 18.6. The van der Waals surface area contributed by atoms with E-state index in [1.807, 2.05) is 25.1 Å². The Balaban J connectivity index is 1.67. The van der Waals surface area contributed by atoms with E-state index in [9.17, 15) is 18.0 Å². The summed E-state index contributed by atoms with van der Waals surface area (Å²) in [7, 11) is -3.73. The normalized spacial score (nSPS) is 17.4. The molecule has 0 bridgehead atoms. The third-order valence-corrected chi connectivity index (χ3v) is 8.82. The van der Waals surface area contributed by atoms with Crippen molar-refractivity contribution in [3.8, 4) is 0 Å². The summed E-state index contributed by atoms with van der Waals surface area (Å²) < 4.78 is 27.8. The van der Waals surface area contributed by atoms with Gasteiger partial charge in [-0.05, 0) is 48.9 Å². The molecular weight excluding hydrogens is 434 g/mol. The molecule has 1 atom stereocenters. The second-order valence-electron chi connectivity index (χ2n) is 7.47. The van der Waals surface area contributed by atoms with Crippen LogP contribution in [0.2, 0.25) is 0 Å². The van der Waals surface area contributed by atoms with Crippen molar-refractivity contribution >= 4 is 55.8 Å². The van der Waals surface area contributed by atoms with Crippen molar-refractivity contribution in [2.75, 3.05) is 17.2 Å². The number of anilines is 2. The summed E-state index contributed by atoms with van der Waals surface area (Å²) in [5, 5.41) is 8.97. The van der Waals surface area contributed by atoms with Crippen LogP contribution in [0.4, 0.5) is 11.4 Å². The van der Waals surface area contributed by atoms with E-state index < -0.39 is 16.1 Å². The van der Waals surface area contributed by atoms with Gasteiger partial charge in [0.25, 0.3) is 10.0 Å². The fourth-order valence-corrected chi connectivity index (χ4v) is 6.85. The molecule has 1 saturated heterocycles. The van der Waals surface area contributed by atoms with Crippen LogP contribution in [0.1, 0.15) is 24.8 Å².